The molecule has 2 aliphatic carbocycles. The number of carbonyl (C=O) groups excluding carboxylic acids is 1. The summed E-state index contributed by atoms with van der Waals surface area (Å²) in [5.74, 6) is -0.548. The van der Waals surface area contributed by atoms with Crippen molar-refractivity contribution in [1.82, 2.24) is 0 Å². The monoisotopic (exact) mass is 475 g/mol. The lowest BCUT2D eigenvalue weighted by Crippen LogP contribution is -2.40. The molecule has 3 rings (SSSR count). The zero-order chi connectivity index (χ0) is 23.8. The molecule has 1 aromatic rings. The Kier molecular flexibility index (Phi) is 9.51. The maximum atomic E-state index is 11.9. The predicted octanol–water partition coefficient (Wildman–Crippen LogP) is 4.24. The Morgan fingerprint density at radius 3 is 2.85 bits per heavy atom. The summed E-state index contributed by atoms with van der Waals surface area (Å²) in [5, 5.41) is 39.7. The number of nitriles is 1. The van der Waals surface area contributed by atoms with Crippen molar-refractivity contribution in [2.24, 2.45) is 23.2 Å². The Balaban J connectivity index is 1.53. The highest BCUT2D eigenvalue weighted by atomic mass is 32.1. The maximum Gasteiger partial charge on any atom is 0.348 e. The lowest BCUT2D eigenvalue weighted by atomic mass is 9.63. The number of aliphatic hydroxyl groups is 3. The zero-order valence-corrected chi connectivity index (χ0v) is 20.3. The second-order valence-corrected chi connectivity index (χ2v) is 10.7. The molecule has 1 heterocycles. The fourth-order valence-corrected chi connectivity index (χ4v) is 6.41. The van der Waals surface area contributed by atoms with Crippen LogP contribution in [0.5, 0.6) is 0 Å². The van der Waals surface area contributed by atoms with Gasteiger partial charge in [0, 0.05) is 10.8 Å². The largest absolute Gasteiger partial charge is 0.459 e. The molecule has 0 saturated heterocycles. The number of esters is 1. The van der Waals surface area contributed by atoms with Crippen molar-refractivity contribution in [3.8, 4) is 6.07 Å². The first-order chi connectivity index (χ1) is 15.9. The molecule has 2 aliphatic rings. The van der Waals surface area contributed by atoms with Gasteiger partial charge in [-0.15, -0.1) is 11.3 Å². The molecule has 0 aliphatic heterocycles. The van der Waals surface area contributed by atoms with E-state index in [0.717, 1.165) is 43.4 Å². The van der Waals surface area contributed by atoms with E-state index < -0.39 is 12.1 Å². The van der Waals surface area contributed by atoms with Gasteiger partial charge in [0.05, 0.1) is 30.8 Å². The van der Waals surface area contributed by atoms with Gasteiger partial charge < -0.3 is 20.1 Å². The van der Waals surface area contributed by atoms with Gasteiger partial charge in [0.2, 0.25) is 0 Å². The molecule has 0 amide bonds. The maximum absolute atomic E-state index is 11.9. The molecule has 3 N–H and O–H groups in total. The van der Waals surface area contributed by atoms with E-state index in [-0.39, 0.29) is 42.5 Å². The zero-order valence-electron chi connectivity index (χ0n) is 19.5. The number of hydrogen-bond donors (Lipinski definition) is 3. The Morgan fingerprint density at radius 1 is 1.42 bits per heavy atom. The first-order valence-corrected chi connectivity index (χ1v) is 13.0. The number of carbonyl (C=O) groups is 1. The van der Waals surface area contributed by atoms with Crippen LogP contribution in [0.25, 0.3) is 0 Å². The third-order valence-electron chi connectivity index (χ3n) is 7.74. The molecule has 0 aromatic carbocycles. The summed E-state index contributed by atoms with van der Waals surface area (Å²) in [5.41, 5.74) is 0.0668. The summed E-state index contributed by atoms with van der Waals surface area (Å²) in [7, 11) is 0. The van der Waals surface area contributed by atoms with Crippen molar-refractivity contribution >= 4 is 17.3 Å². The lowest BCUT2D eigenvalue weighted by molar-refractivity contribution is -0.0355. The molecule has 0 radical (unpaired) electrons. The van der Waals surface area contributed by atoms with Crippen LogP contribution in [-0.2, 0) is 11.2 Å². The van der Waals surface area contributed by atoms with Gasteiger partial charge in [-0.05, 0) is 74.8 Å². The molecule has 0 bridgehead atoms. The van der Waals surface area contributed by atoms with Crippen LogP contribution in [-0.4, -0.2) is 46.7 Å². The van der Waals surface area contributed by atoms with E-state index in [9.17, 15) is 20.3 Å². The smallest absolute Gasteiger partial charge is 0.348 e. The highest BCUT2D eigenvalue weighted by Gasteiger charge is 2.42. The molecular weight excluding hydrogens is 438 g/mol. The number of thiophene rings is 1. The summed E-state index contributed by atoms with van der Waals surface area (Å²) in [6, 6.07) is 6.06. The van der Waals surface area contributed by atoms with Crippen molar-refractivity contribution in [3.05, 3.63) is 34.0 Å². The summed E-state index contributed by atoms with van der Waals surface area (Å²) < 4.78 is 4.96. The molecule has 182 valence electrons. The molecule has 33 heavy (non-hydrogen) atoms. The van der Waals surface area contributed by atoms with E-state index >= 15 is 0 Å². The summed E-state index contributed by atoms with van der Waals surface area (Å²) >= 11 is 1.40. The van der Waals surface area contributed by atoms with Crippen LogP contribution in [0.15, 0.2) is 24.3 Å². The molecular formula is C26H37NO5S. The van der Waals surface area contributed by atoms with Crippen molar-refractivity contribution in [2.45, 2.75) is 76.9 Å². The molecule has 7 heteroatoms. The second kappa shape index (κ2) is 12.1. The molecule has 6 nitrogen and oxygen atoms in total. The van der Waals surface area contributed by atoms with Gasteiger partial charge in [0.1, 0.15) is 11.5 Å². The van der Waals surface area contributed by atoms with Crippen molar-refractivity contribution < 1.29 is 24.9 Å². The molecule has 5 atom stereocenters. The Hall–Kier alpha value is -1.72. The third-order valence-corrected chi connectivity index (χ3v) is 8.87. The number of rotatable bonds is 12. The van der Waals surface area contributed by atoms with E-state index in [2.05, 4.69) is 13.0 Å². The quantitative estimate of drug-likeness (QED) is 0.308. The van der Waals surface area contributed by atoms with Gasteiger partial charge in [-0.2, -0.15) is 5.26 Å². The molecule has 1 aromatic heterocycles. The van der Waals surface area contributed by atoms with Gasteiger partial charge in [-0.1, -0.05) is 25.5 Å². The highest BCUT2D eigenvalue weighted by Crippen LogP contribution is 2.48. The van der Waals surface area contributed by atoms with Crippen molar-refractivity contribution in [3.63, 3.8) is 0 Å². The fourth-order valence-electron chi connectivity index (χ4n) is 5.47. The van der Waals surface area contributed by atoms with E-state index in [1.54, 1.807) is 6.07 Å². The van der Waals surface area contributed by atoms with Crippen LogP contribution in [0.2, 0.25) is 0 Å². The summed E-state index contributed by atoms with van der Waals surface area (Å²) in [4.78, 5) is 13.5. The average molecular weight is 476 g/mol. The number of hydrogen-bond acceptors (Lipinski definition) is 7. The van der Waals surface area contributed by atoms with Crippen LogP contribution >= 0.6 is 11.3 Å². The standard InChI is InChI=1S/C26H37NO5S/c1-2-26(12-5-13-26)24(30)9-4-8-21-20(18(17-27)16-22(21)29)7-3-6-19-10-11-23(33-19)25(31)32-15-14-28/h4,8,10-11,18,20-22,24,28-30H,2-3,5-7,9,12-16H2,1H3/b8-4+/t18-,20-,21+,22+,24?/m0/s1. The molecule has 0 spiro atoms. The Bertz CT molecular complexity index is 834. The van der Waals surface area contributed by atoms with Gasteiger partial charge in [-0.25, -0.2) is 4.79 Å². The third kappa shape index (κ3) is 6.24. The fraction of sp³-hybridized carbons (Fsp3) is 0.692. The lowest BCUT2D eigenvalue weighted by Gasteiger charge is -2.45. The van der Waals surface area contributed by atoms with Crippen LogP contribution in [0.1, 0.15) is 72.8 Å². The van der Waals surface area contributed by atoms with Crippen molar-refractivity contribution in [2.75, 3.05) is 13.2 Å². The van der Waals surface area contributed by atoms with Gasteiger partial charge >= 0.3 is 5.97 Å². The van der Waals surface area contributed by atoms with Crippen LogP contribution < -0.4 is 0 Å². The normalized spacial score (nSPS) is 27.2. The first-order valence-electron chi connectivity index (χ1n) is 12.2. The topological polar surface area (TPSA) is 111 Å². The van der Waals surface area contributed by atoms with Crippen LogP contribution in [0.3, 0.4) is 0 Å². The van der Waals surface area contributed by atoms with E-state index in [4.69, 9.17) is 9.84 Å². The van der Waals surface area contributed by atoms with Crippen molar-refractivity contribution in [1.29, 1.82) is 5.26 Å². The molecule has 2 saturated carbocycles. The van der Waals surface area contributed by atoms with E-state index in [1.165, 1.54) is 17.8 Å². The first kappa shape index (κ1) is 25.9. The van der Waals surface area contributed by atoms with Gasteiger partial charge in [-0.3, -0.25) is 0 Å². The number of aliphatic hydroxyl groups excluding tert-OH is 3. The van der Waals surface area contributed by atoms with Crippen LogP contribution in [0, 0.1) is 34.5 Å². The highest BCUT2D eigenvalue weighted by molar-refractivity contribution is 7.13. The van der Waals surface area contributed by atoms with E-state index in [0.29, 0.717) is 17.7 Å². The van der Waals surface area contributed by atoms with Crippen LogP contribution in [0.4, 0.5) is 0 Å². The number of aryl methyl sites for hydroxylation is 1. The SMILES string of the molecule is CCC1(C(O)C/C=C/[C@@H]2[C@@H](CCCc3ccc(C(=O)OCCO)s3)[C@H](C#N)C[C@H]2O)CCC1. The van der Waals surface area contributed by atoms with E-state index in [1.807, 2.05) is 18.2 Å². The van der Waals surface area contributed by atoms with Gasteiger partial charge in [0.15, 0.2) is 0 Å². The van der Waals surface area contributed by atoms with Gasteiger partial charge in [0.25, 0.3) is 0 Å². The molecule has 2 fully saturated rings. The Morgan fingerprint density at radius 2 is 2.21 bits per heavy atom. The molecule has 1 unspecified atom stereocenters. The summed E-state index contributed by atoms with van der Waals surface area (Å²) in [6.45, 7) is 1.96. The minimum absolute atomic E-state index is 0.00299. The second-order valence-electron chi connectivity index (χ2n) is 9.55. The number of nitrogens with zero attached hydrogens (tertiary/aromatic N) is 1. The predicted molar refractivity (Wildman–Crippen MR) is 128 cm³/mol. The minimum atomic E-state index is -0.522. The minimum Gasteiger partial charge on any atom is -0.459 e. The summed E-state index contributed by atoms with van der Waals surface area (Å²) in [6.07, 6.45) is 11.2. The average Bonchev–Trinajstić information content (AvgIpc) is 3.37. The number of ether oxygens (including phenoxy) is 1. The Labute approximate surface area is 200 Å².